The van der Waals surface area contributed by atoms with Crippen LogP contribution in [0.5, 0.6) is 0 Å². The van der Waals surface area contributed by atoms with Gasteiger partial charge >= 0.3 is 0 Å². The normalized spacial score (nSPS) is 40.5. The summed E-state index contributed by atoms with van der Waals surface area (Å²) in [5.41, 5.74) is 0. The Morgan fingerprint density at radius 1 is 1.00 bits per heavy atom. The van der Waals surface area contributed by atoms with Crippen LogP contribution in [-0.2, 0) is 0 Å². The third-order valence-corrected chi connectivity index (χ3v) is 2.29. The average molecular weight is 146 g/mol. The Bertz CT molecular complexity index is 93.0. The van der Waals surface area contributed by atoms with Gasteiger partial charge in [-0.15, -0.1) is 0 Å². The van der Waals surface area contributed by atoms with Gasteiger partial charge in [-0.3, -0.25) is 0 Å². The predicted octanol–water partition coefficient (Wildman–Crippen LogP) is -0.642. The lowest BCUT2D eigenvalue weighted by atomic mass is 9.98. The summed E-state index contributed by atoms with van der Waals surface area (Å²) < 4.78 is 0. The van der Waals surface area contributed by atoms with Crippen LogP contribution in [0.15, 0.2) is 0 Å². The van der Waals surface area contributed by atoms with E-state index in [1.165, 1.54) is 0 Å². The Balaban J connectivity index is 2.41. The molecule has 0 aliphatic heterocycles. The molecule has 1 saturated carbocycles. The fourth-order valence-electron chi connectivity index (χ4n) is 1.63. The highest BCUT2D eigenvalue weighted by Crippen LogP contribution is 2.30. The maximum absolute atomic E-state index is 9.11. The quantitative estimate of drug-likeness (QED) is 0.485. The lowest BCUT2D eigenvalue weighted by Crippen LogP contribution is -2.15. The van der Waals surface area contributed by atoms with Crippen molar-refractivity contribution >= 4 is 0 Å². The molecule has 0 aromatic rings. The number of rotatable bonds is 2. The van der Waals surface area contributed by atoms with Gasteiger partial charge in [-0.1, -0.05) is 0 Å². The molecule has 60 valence electrons. The van der Waals surface area contributed by atoms with Crippen LogP contribution < -0.4 is 0 Å². The Hall–Kier alpha value is -0.120. The number of hydrogen-bond acceptors (Lipinski definition) is 3. The summed E-state index contributed by atoms with van der Waals surface area (Å²) in [6, 6.07) is 0. The van der Waals surface area contributed by atoms with Crippen LogP contribution in [0.2, 0.25) is 0 Å². The van der Waals surface area contributed by atoms with Crippen LogP contribution in [0, 0.1) is 11.8 Å². The van der Waals surface area contributed by atoms with Gasteiger partial charge < -0.3 is 15.3 Å². The molecule has 3 N–H and O–H groups in total. The highest BCUT2D eigenvalue weighted by molar-refractivity contribution is 4.81. The first-order valence-electron chi connectivity index (χ1n) is 3.67. The zero-order valence-corrected chi connectivity index (χ0v) is 5.90. The number of aliphatic hydroxyl groups excluding tert-OH is 3. The average Bonchev–Trinajstić information content (AvgIpc) is 2.30. The Labute approximate surface area is 60.3 Å². The Morgan fingerprint density at radius 3 is 1.70 bits per heavy atom. The van der Waals surface area contributed by atoms with E-state index in [0.29, 0.717) is 12.8 Å². The first-order valence-corrected chi connectivity index (χ1v) is 3.67. The maximum Gasteiger partial charge on any atom is 0.0547 e. The van der Waals surface area contributed by atoms with Gasteiger partial charge in [0.15, 0.2) is 0 Å². The van der Waals surface area contributed by atoms with Gasteiger partial charge in [-0.05, 0) is 24.7 Å². The fourth-order valence-corrected chi connectivity index (χ4v) is 1.63. The van der Waals surface area contributed by atoms with Crippen LogP contribution in [0.1, 0.15) is 12.8 Å². The Kier molecular flexibility index (Phi) is 2.65. The molecule has 0 aromatic carbocycles. The molecule has 0 heterocycles. The molecule has 3 heteroatoms. The molecule has 0 radical (unpaired) electrons. The van der Waals surface area contributed by atoms with E-state index in [1.807, 2.05) is 0 Å². The molecular formula is C7H14O3. The third kappa shape index (κ3) is 1.48. The minimum absolute atomic E-state index is 0.0856. The molecule has 1 aliphatic rings. The summed E-state index contributed by atoms with van der Waals surface area (Å²) in [5, 5.41) is 26.6. The monoisotopic (exact) mass is 146 g/mol. The van der Waals surface area contributed by atoms with Crippen LogP contribution in [0.25, 0.3) is 0 Å². The molecule has 0 saturated heterocycles. The van der Waals surface area contributed by atoms with E-state index in [1.54, 1.807) is 0 Å². The second-order valence-corrected chi connectivity index (χ2v) is 3.01. The highest BCUT2D eigenvalue weighted by atomic mass is 16.3. The second-order valence-electron chi connectivity index (χ2n) is 3.01. The van der Waals surface area contributed by atoms with Crippen molar-refractivity contribution in [3.63, 3.8) is 0 Å². The zero-order chi connectivity index (χ0) is 7.56. The molecule has 1 aliphatic carbocycles. The van der Waals surface area contributed by atoms with Crippen molar-refractivity contribution in [2.45, 2.75) is 18.9 Å². The summed E-state index contributed by atoms with van der Waals surface area (Å²) in [4.78, 5) is 0. The lowest BCUT2D eigenvalue weighted by molar-refractivity contribution is 0.141. The van der Waals surface area contributed by atoms with Crippen molar-refractivity contribution in [2.24, 2.45) is 11.8 Å². The van der Waals surface area contributed by atoms with Gasteiger partial charge in [0.1, 0.15) is 0 Å². The Morgan fingerprint density at radius 2 is 1.40 bits per heavy atom. The molecule has 1 fully saturated rings. The second kappa shape index (κ2) is 3.32. The van der Waals surface area contributed by atoms with Crippen LogP contribution in [0.3, 0.4) is 0 Å². The summed E-state index contributed by atoms with van der Waals surface area (Å²) >= 11 is 0. The van der Waals surface area contributed by atoms with E-state index in [2.05, 4.69) is 0 Å². The number of hydrogen-bond donors (Lipinski definition) is 3. The minimum atomic E-state index is -0.311. The standard InChI is InChI=1S/C7H14O3/c8-3-5-1-7(10)2-6(5)4-9/h5-10H,1-4H2. The van der Waals surface area contributed by atoms with Gasteiger partial charge in [-0.25, -0.2) is 0 Å². The molecule has 2 atom stereocenters. The summed E-state index contributed by atoms with van der Waals surface area (Å²) in [7, 11) is 0. The van der Waals surface area contributed by atoms with Crippen molar-refractivity contribution in [3.05, 3.63) is 0 Å². The third-order valence-electron chi connectivity index (χ3n) is 2.29. The molecule has 0 aromatic heterocycles. The molecule has 3 nitrogen and oxygen atoms in total. The molecule has 10 heavy (non-hydrogen) atoms. The van der Waals surface area contributed by atoms with Crippen molar-refractivity contribution in [3.8, 4) is 0 Å². The van der Waals surface area contributed by atoms with E-state index >= 15 is 0 Å². The van der Waals surface area contributed by atoms with Crippen molar-refractivity contribution in [2.75, 3.05) is 13.2 Å². The van der Waals surface area contributed by atoms with E-state index in [9.17, 15) is 0 Å². The SMILES string of the molecule is OCC1CC(O)CC1CO. The maximum atomic E-state index is 9.11. The van der Waals surface area contributed by atoms with Crippen molar-refractivity contribution in [1.29, 1.82) is 0 Å². The van der Waals surface area contributed by atoms with Gasteiger partial charge in [0.2, 0.25) is 0 Å². The summed E-state index contributed by atoms with van der Waals surface area (Å²) in [6.07, 6.45) is 0.970. The van der Waals surface area contributed by atoms with E-state index < -0.39 is 0 Å². The summed E-state index contributed by atoms with van der Waals surface area (Å²) in [5.74, 6) is 0.222. The van der Waals surface area contributed by atoms with E-state index in [-0.39, 0.29) is 31.2 Å². The highest BCUT2D eigenvalue weighted by Gasteiger charge is 2.31. The van der Waals surface area contributed by atoms with Crippen molar-refractivity contribution in [1.82, 2.24) is 0 Å². The molecule has 0 bridgehead atoms. The topological polar surface area (TPSA) is 60.7 Å². The van der Waals surface area contributed by atoms with Crippen LogP contribution in [-0.4, -0.2) is 34.6 Å². The smallest absolute Gasteiger partial charge is 0.0547 e. The number of aliphatic hydroxyl groups is 3. The molecule has 0 amide bonds. The van der Waals surface area contributed by atoms with Crippen molar-refractivity contribution < 1.29 is 15.3 Å². The van der Waals surface area contributed by atoms with Gasteiger partial charge in [0.25, 0.3) is 0 Å². The van der Waals surface area contributed by atoms with E-state index in [4.69, 9.17) is 15.3 Å². The van der Waals surface area contributed by atoms with Crippen LogP contribution in [0.4, 0.5) is 0 Å². The molecule has 1 rings (SSSR count). The fraction of sp³-hybridized carbons (Fsp3) is 1.00. The van der Waals surface area contributed by atoms with Gasteiger partial charge in [0, 0.05) is 13.2 Å². The van der Waals surface area contributed by atoms with E-state index in [0.717, 1.165) is 0 Å². The van der Waals surface area contributed by atoms with Crippen LogP contribution >= 0.6 is 0 Å². The first-order chi connectivity index (χ1) is 4.77. The molecule has 2 unspecified atom stereocenters. The molecule has 0 spiro atoms. The molecular weight excluding hydrogens is 132 g/mol. The lowest BCUT2D eigenvalue weighted by Gasteiger charge is -2.12. The predicted molar refractivity (Wildman–Crippen MR) is 36.4 cm³/mol. The first kappa shape index (κ1) is 7.98. The minimum Gasteiger partial charge on any atom is -0.396 e. The van der Waals surface area contributed by atoms with Gasteiger partial charge in [0.05, 0.1) is 6.10 Å². The largest absolute Gasteiger partial charge is 0.396 e. The zero-order valence-electron chi connectivity index (χ0n) is 5.90. The van der Waals surface area contributed by atoms with Gasteiger partial charge in [-0.2, -0.15) is 0 Å². The summed E-state index contributed by atoms with van der Waals surface area (Å²) in [6.45, 7) is 0.171.